The first-order chi connectivity index (χ1) is 10.1. The molecule has 0 amide bonds. The van der Waals surface area contributed by atoms with E-state index in [1.807, 2.05) is 30.3 Å². The van der Waals surface area contributed by atoms with Crippen LogP contribution in [0.25, 0.3) is 10.8 Å². The lowest BCUT2D eigenvalue weighted by atomic mass is 10.1. The fourth-order valence-electron chi connectivity index (χ4n) is 2.02. The molecule has 3 rings (SSSR count). The number of benzene rings is 2. The van der Waals surface area contributed by atoms with Crippen LogP contribution in [0.1, 0.15) is 5.69 Å². The minimum absolute atomic E-state index is 0.0517. The number of nitrogens with one attached hydrogen (secondary N) is 1. The molecule has 2 aromatic carbocycles. The Morgan fingerprint density at radius 2 is 2.00 bits per heavy atom. The van der Waals surface area contributed by atoms with Crippen molar-refractivity contribution in [1.82, 2.24) is 4.98 Å². The van der Waals surface area contributed by atoms with Crippen molar-refractivity contribution in [2.75, 3.05) is 5.32 Å². The minimum atomic E-state index is -0.872. The van der Waals surface area contributed by atoms with Gasteiger partial charge in [-0.2, -0.15) is 0 Å². The summed E-state index contributed by atoms with van der Waals surface area (Å²) in [5, 5.41) is 16.7. The highest BCUT2D eigenvalue weighted by Crippen LogP contribution is 2.26. The molecule has 0 aliphatic heterocycles. The number of carbonyl (C=O) groups is 1. The van der Waals surface area contributed by atoms with Crippen molar-refractivity contribution < 1.29 is 9.90 Å². The van der Waals surface area contributed by atoms with Crippen LogP contribution in [0.4, 0.5) is 10.8 Å². The van der Waals surface area contributed by atoms with E-state index in [1.54, 1.807) is 5.38 Å². The number of thiazole rings is 1. The van der Waals surface area contributed by atoms with Crippen molar-refractivity contribution in [3.63, 3.8) is 0 Å². The summed E-state index contributed by atoms with van der Waals surface area (Å²) < 4.78 is 1.05. The van der Waals surface area contributed by atoms with E-state index in [-0.39, 0.29) is 6.42 Å². The summed E-state index contributed by atoms with van der Waals surface area (Å²) in [6, 6.07) is 12.2. The molecular weight excluding hydrogens is 352 g/mol. The topological polar surface area (TPSA) is 62.2 Å². The standard InChI is InChI=1S/C15H11BrN2O2S/c16-11-3-1-10-6-12(4-2-9(10)5-11)17-15-18-13(8-21-15)7-14(19)20/h1-6,8H,7H2,(H,17,18)(H,19,20). The van der Waals surface area contributed by atoms with E-state index in [4.69, 9.17) is 5.11 Å². The fourth-order valence-corrected chi connectivity index (χ4v) is 3.13. The Morgan fingerprint density at radius 3 is 2.81 bits per heavy atom. The van der Waals surface area contributed by atoms with Crippen molar-refractivity contribution in [1.29, 1.82) is 0 Å². The molecule has 0 radical (unpaired) electrons. The van der Waals surface area contributed by atoms with Gasteiger partial charge in [0.1, 0.15) is 0 Å². The third-order valence-electron chi connectivity index (χ3n) is 2.94. The van der Waals surface area contributed by atoms with Crippen LogP contribution in [0.5, 0.6) is 0 Å². The van der Waals surface area contributed by atoms with Crippen molar-refractivity contribution >= 4 is 54.8 Å². The Kier molecular flexibility index (Phi) is 3.90. The van der Waals surface area contributed by atoms with Crippen LogP contribution in [0, 0.1) is 0 Å². The number of halogens is 1. The van der Waals surface area contributed by atoms with Gasteiger partial charge in [0.15, 0.2) is 5.13 Å². The largest absolute Gasteiger partial charge is 0.481 e. The Labute approximate surface area is 133 Å². The first-order valence-electron chi connectivity index (χ1n) is 6.23. The summed E-state index contributed by atoms with van der Waals surface area (Å²) in [5.74, 6) is -0.872. The van der Waals surface area contributed by atoms with E-state index in [9.17, 15) is 4.79 Å². The second-order valence-electron chi connectivity index (χ2n) is 4.55. The zero-order chi connectivity index (χ0) is 14.8. The summed E-state index contributed by atoms with van der Waals surface area (Å²) in [7, 11) is 0. The number of carboxylic acid groups (broad SMARTS) is 1. The van der Waals surface area contributed by atoms with Crippen LogP contribution in [0.2, 0.25) is 0 Å². The number of hydrogen-bond donors (Lipinski definition) is 2. The molecule has 0 aliphatic rings. The van der Waals surface area contributed by atoms with E-state index >= 15 is 0 Å². The van der Waals surface area contributed by atoms with Gasteiger partial charge in [0.2, 0.25) is 0 Å². The summed E-state index contributed by atoms with van der Waals surface area (Å²) in [5.41, 5.74) is 1.50. The average molecular weight is 363 g/mol. The molecule has 0 atom stereocenters. The maximum atomic E-state index is 10.7. The molecule has 3 aromatic rings. The van der Waals surface area contributed by atoms with Crippen LogP contribution in [-0.4, -0.2) is 16.1 Å². The van der Waals surface area contributed by atoms with Crippen LogP contribution in [-0.2, 0) is 11.2 Å². The number of rotatable bonds is 4. The van der Waals surface area contributed by atoms with E-state index < -0.39 is 5.97 Å². The summed E-state index contributed by atoms with van der Waals surface area (Å²) in [4.78, 5) is 14.9. The van der Waals surface area contributed by atoms with Crippen molar-refractivity contribution in [2.24, 2.45) is 0 Å². The van der Waals surface area contributed by atoms with Crippen molar-refractivity contribution in [2.45, 2.75) is 6.42 Å². The number of anilines is 2. The molecule has 0 saturated carbocycles. The molecule has 1 aromatic heterocycles. The SMILES string of the molecule is O=C(O)Cc1csc(Nc2ccc3cc(Br)ccc3c2)n1. The van der Waals surface area contributed by atoms with Gasteiger partial charge in [-0.25, -0.2) is 4.98 Å². The summed E-state index contributed by atoms with van der Waals surface area (Å²) in [6.07, 6.45) is -0.0517. The van der Waals surface area contributed by atoms with Crippen LogP contribution >= 0.6 is 27.3 Å². The predicted molar refractivity (Wildman–Crippen MR) is 88.4 cm³/mol. The zero-order valence-corrected chi connectivity index (χ0v) is 13.2. The van der Waals surface area contributed by atoms with Crippen LogP contribution < -0.4 is 5.32 Å². The van der Waals surface area contributed by atoms with Gasteiger partial charge in [0.05, 0.1) is 12.1 Å². The molecule has 0 aliphatic carbocycles. The first-order valence-corrected chi connectivity index (χ1v) is 7.90. The maximum absolute atomic E-state index is 10.7. The fraction of sp³-hybridized carbons (Fsp3) is 0.0667. The van der Waals surface area contributed by atoms with E-state index in [0.29, 0.717) is 10.8 Å². The second-order valence-corrected chi connectivity index (χ2v) is 6.32. The van der Waals surface area contributed by atoms with Gasteiger partial charge in [-0.15, -0.1) is 11.3 Å². The number of hydrogen-bond acceptors (Lipinski definition) is 4. The van der Waals surface area contributed by atoms with E-state index in [0.717, 1.165) is 20.9 Å². The van der Waals surface area contributed by atoms with Gasteiger partial charge in [0, 0.05) is 15.5 Å². The molecule has 6 heteroatoms. The van der Waals surface area contributed by atoms with Gasteiger partial charge in [0.25, 0.3) is 0 Å². The van der Waals surface area contributed by atoms with Crippen molar-refractivity contribution in [3.8, 4) is 0 Å². The highest BCUT2D eigenvalue weighted by atomic mass is 79.9. The normalized spacial score (nSPS) is 10.7. The van der Waals surface area contributed by atoms with Gasteiger partial charge in [-0.3, -0.25) is 4.79 Å². The number of carboxylic acids is 1. The molecule has 1 heterocycles. The van der Waals surface area contributed by atoms with Gasteiger partial charge >= 0.3 is 5.97 Å². The molecule has 4 nitrogen and oxygen atoms in total. The molecule has 106 valence electrons. The Morgan fingerprint density at radius 1 is 1.24 bits per heavy atom. The number of aromatic nitrogens is 1. The number of aliphatic carboxylic acids is 1. The van der Waals surface area contributed by atoms with Gasteiger partial charge in [-0.1, -0.05) is 28.1 Å². The molecule has 0 spiro atoms. The lowest BCUT2D eigenvalue weighted by Gasteiger charge is -2.05. The zero-order valence-electron chi connectivity index (χ0n) is 10.8. The average Bonchev–Trinajstić information content (AvgIpc) is 2.85. The number of fused-ring (bicyclic) bond motifs is 1. The molecule has 0 bridgehead atoms. The monoisotopic (exact) mass is 362 g/mol. The number of nitrogens with zero attached hydrogens (tertiary/aromatic N) is 1. The van der Waals surface area contributed by atoms with E-state index in [2.05, 4.69) is 32.3 Å². The lowest BCUT2D eigenvalue weighted by molar-refractivity contribution is -0.136. The van der Waals surface area contributed by atoms with Crippen molar-refractivity contribution in [3.05, 3.63) is 51.9 Å². The molecule has 0 fully saturated rings. The van der Waals surface area contributed by atoms with Gasteiger partial charge < -0.3 is 10.4 Å². The third kappa shape index (κ3) is 3.40. The summed E-state index contributed by atoms with van der Waals surface area (Å²) in [6.45, 7) is 0. The molecule has 21 heavy (non-hydrogen) atoms. The van der Waals surface area contributed by atoms with Gasteiger partial charge in [-0.05, 0) is 35.0 Å². The molecule has 2 N–H and O–H groups in total. The molecule has 0 saturated heterocycles. The predicted octanol–water partition coefficient (Wildman–Crippen LogP) is 4.43. The molecular formula is C15H11BrN2O2S. The quantitative estimate of drug-likeness (QED) is 0.720. The third-order valence-corrected chi connectivity index (χ3v) is 4.24. The first kappa shape index (κ1) is 14.0. The Bertz CT molecular complexity index is 816. The maximum Gasteiger partial charge on any atom is 0.309 e. The Balaban J connectivity index is 1.82. The minimum Gasteiger partial charge on any atom is -0.481 e. The van der Waals surface area contributed by atoms with Crippen LogP contribution in [0.15, 0.2) is 46.3 Å². The molecule has 0 unspecified atom stereocenters. The van der Waals surface area contributed by atoms with E-state index in [1.165, 1.54) is 11.3 Å². The second kappa shape index (κ2) is 5.83. The highest BCUT2D eigenvalue weighted by Gasteiger charge is 2.06. The Hall–Kier alpha value is -1.92. The smallest absolute Gasteiger partial charge is 0.309 e. The lowest BCUT2D eigenvalue weighted by Crippen LogP contribution is -2.00. The summed E-state index contributed by atoms with van der Waals surface area (Å²) >= 11 is 4.86. The highest BCUT2D eigenvalue weighted by molar-refractivity contribution is 9.10. The van der Waals surface area contributed by atoms with Crippen LogP contribution in [0.3, 0.4) is 0 Å².